The number of hydrogen-bond acceptors (Lipinski definition) is 4. The number of anilines is 1. The summed E-state index contributed by atoms with van der Waals surface area (Å²) in [6.45, 7) is 0.734. The number of hydrogen-bond donors (Lipinski definition) is 1. The fourth-order valence-electron chi connectivity index (χ4n) is 3.15. The molecule has 2 heterocycles. The van der Waals surface area contributed by atoms with E-state index in [9.17, 15) is 9.59 Å². The summed E-state index contributed by atoms with van der Waals surface area (Å²) in [6.07, 6.45) is 4.21. The van der Waals surface area contributed by atoms with Gasteiger partial charge in [-0.1, -0.05) is 12.1 Å². The molecule has 8 heteroatoms. The van der Waals surface area contributed by atoms with E-state index in [1.165, 1.54) is 0 Å². The van der Waals surface area contributed by atoms with Gasteiger partial charge in [-0.15, -0.1) is 10.2 Å². The second-order valence-electron chi connectivity index (χ2n) is 6.46. The van der Waals surface area contributed by atoms with Gasteiger partial charge in [0.1, 0.15) is 6.33 Å². The standard InChI is InChI=1S/C17H18BrN5O2/c18-13-3-1-2-4-14(13)22-9-11(7-16(22)24)17(25)19-8-15-21-20-10-23(15)12-5-6-12/h1-4,10-12H,5-9H2,(H,19,25). The number of nitrogens with one attached hydrogen (secondary N) is 1. The monoisotopic (exact) mass is 403 g/mol. The van der Waals surface area contributed by atoms with E-state index in [-0.39, 0.29) is 24.2 Å². The Bertz CT molecular complexity index is 817. The maximum absolute atomic E-state index is 12.5. The molecule has 130 valence electrons. The van der Waals surface area contributed by atoms with Crippen LogP contribution in [0.2, 0.25) is 0 Å². The Kier molecular flexibility index (Phi) is 4.29. The lowest BCUT2D eigenvalue weighted by Crippen LogP contribution is -2.33. The Labute approximate surface area is 153 Å². The molecule has 1 saturated carbocycles. The molecule has 1 unspecified atom stereocenters. The number of halogens is 1. The zero-order valence-corrected chi connectivity index (χ0v) is 15.1. The van der Waals surface area contributed by atoms with Crippen LogP contribution in [0.1, 0.15) is 31.1 Å². The van der Waals surface area contributed by atoms with E-state index in [1.807, 2.05) is 28.8 Å². The predicted molar refractivity (Wildman–Crippen MR) is 94.7 cm³/mol. The molecule has 0 radical (unpaired) electrons. The first-order valence-electron chi connectivity index (χ1n) is 8.34. The van der Waals surface area contributed by atoms with Crippen molar-refractivity contribution in [3.8, 4) is 0 Å². The third-order valence-electron chi connectivity index (χ3n) is 4.65. The number of para-hydroxylation sites is 1. The van der Waals surface area contributed by atoms with Crippen LogP contribution in [0, 0.1) is 5.92 Å². The minimum absolute atomic E-state index is 0.0341. The molecule has 1 aliphatic heterocycles. The van der Waals surface area contributed by atoms with Crippen LogP contribution in [0.15, 0.2) is 35.1 Å². The summed E-state index contributed by atoms with van der Waals surface area (Å²) in [5, 5.41) is 10.9. The van der Waals surface area contributed by atoms with Crippen molar-refractivity contribution in [1.29, 1.82) is 0 Å². The second-order valence-corrected chi connectivity index (χ2v) is 7.31. The van der Waals surface area contributed by atoms with Crippen LogP contribution in [0.25, 0.3) is 0 Å². The molecular weight excluding hydrogens is 386 g/mol. The number of rotatable bonds is 5. The van der Waals surface area contributed by atoms with Crippen molar-refractivity contribution in [1.82, 2.24) is 20.1 Å². The lowest BCUT2D eigenvalue weighted by Gasteiger charge is -2.18. The van der Waals surface area contributed by atoms with Gasteiger partial charge >= 0.3 is 0 Å². The van der Waals surface area contributed by atoms with Crippen molar-refractivity contribution in [2.24, 2.45) is 5.92 Å². The molecule has 7 nitrogen and oxygen atoms in total. The lowest BCUT2D eigenvalue weighted by atomic mass is 10.1. The average molecular weight is 404 g/mol. The number of carbonyl (C=O) groups is 2. The second kappa shape index (κ2) is 6.59. The van der Waals surface area contributed by atoms with Crippen LogP contribution in [0.5, 0.6) is 0 Å². The highest BCUT2D eigenvalue weighted by Crippen LogP contribution is 2.35. The van der Waals surface area contributed by atoms with E-state index in [2.05, 4.69) is 31.4 Å². The van der Waals surface area contributed by atoms with E-state index in [0.29, 0.717) is 19.1 Å². The van der Waals surface area contributed by atoms with E-state index >= 15 is 0 Å². The first-order chi connectivity index (χ1) is 12.1. The van der Waals surface area contributed by atoms with Gasteiger partial charge in [-0.2, -0.15) is 0 Å². The van der Waals surface area contributed by atoms with Crippen LogP contribution in [-0.4, -0.2) is 33.1 Å². The van der Waals surface area contributed by atoms with Crippen molar-refractivity contribution in [3.63, 3.8) is 0 Å². The van der Waals surface area contributed by atoms with Gasteiger partial charge in [0.05, 0.1) is 18.2 Å². The number of nitrogens with zero attached hydrogens (tertiary/aromatic N) is 4. The molecule has 25 heavy (non-hydrogen) atoms. The molecule has 1 aliphatic carbocycles. The Morgan fingerprint density at radius 3 is 2.88 bits per heavy atom. The van der Waals surface area contributed by atoms with Gasteiger partial charge in [0.25, 0.3) is 0 Å². The van der Waals surface area contributed by atoms with E-state index in [1.54, 1.807) is 11.2 Å². The molecular formula is C17H18BrN5O2. The highest BCUT2D eigenvalue weighted by molar-refractivity contribution is 9.10. The van der Waals surface area contributed by atoms with Gasteiger partial charge in [-0.3, -0.25) is 9.59 Å². The molecule has 1 atom stereocenters. The minimum atomic E-state index is -0.350. The zero-order chi connectivity index (χ0) is 17.4. The van der Waals surface area contributed by atoms with Crippen LogP contribution in [-0.2, 0) is 16.1 Å². The van der Waals surface area contributed by atoms with Gasteiger partial charge in [0.15, 0.2) is 5.82 Å². The number of carbonyl (C=O) groups excluding carboxylic acids is 2. The third kappa shape index (κ3) is 3.30. The van der Waals surface area contributed by atoms with Gasteiger partial charge in [0.2, 0.25) is 11.8 Å². The number of amides is 2. The topological polar surface area (TPSA) is 80.1 Å². The molecule has 4 rings (SSSR count). The summed E-state index contributed by atoms with van der Waals surface area (Å²) in [4.78, 5) is 26.5. The molecule has 2 amide bonds. The largest absolute Gasteiger partial charge is 0.348 e. The SMILES string of the molecule is O=C(NCc1nncn1C1CC1)C1CC(=O)N(c2ccccc2Br)C1. The maximum Gasteiger partial charge on any atom is 0.227 e. The first kappa shape index (κ1) is 16.3. The highest BCUT2D eigenvalue weighted by atomic mass is 79.9. The van der Waals surface area contributed by atoms with Gasteiger partial charge < -0.3 is 14.8 Å². The third-order valence-corrected chi connectivity index (χ3v) is 5.32. The lowest BCUT2D eigenvalue weighted by molar-refractivity contribution is -0.126. The molecule has 1 saturated heterocycles. The molecule has 2 aromatic rings. The minimum Gasteiger partial charge on any atom is -0.348 e. The fraction of sp³-hybridized carbons (Fsp3) is 0.412. The molecule has 1 aromatic heterocycles. The maximum atomic E-state index is 12.5. The summed E-state index contributed by atoms with van der Waals surface area (Å²) in [5.41, 5.74) is 0.802. The average Bonchev–Trinajstić information content (AvgIpc) is 3.22. The highest BCUT2D eigenvalue weighted by Gasteiger charge is 2.36. The van der Waals surface area contributed by atoms with Crippen molar-refractivity contribution in [2.45, 2.75) is 31.8 Å². The first-order valence-corrected chi connectivity index (χ1v) is 9.14. The predicted octanol–water partition coefficient (Wildman–Crippen LogP) is 2.04. The van der Waals surface area contributed by atoms with Gasteiger partial charge in [-0.25, -0.2) is 0 Å². The summed E-state index contributed by atoms with van der Waals surface area (Å²) in [6, 6.07) is 8.02. The normalized spacial score (nSPS) is 20.1. The zero-order valence-electron chi connectivity index (χ0n) is 13.6. The van der Waals surface area contributed by atoms with E-state index in [0.717, 1.165) is 28.8 Å². The fourth-order valence-corrected chi connectivity index (χ4v) is 3.65. The smallest absolute Gasteiger partial charge is 0.227 e. The van der Waals surface area contributed by atoms with Gasteiger partial charge in [0, 0.05) is 23.5 Å². The van der Waals surface area contributed by atoms with E-state index in [4.69, 9.17) is 0 Å². The van der Waals surface area contributed by atoms with Crippen molar-refractivity contribution in [2.75, 3.05) is 11.4 Å². The summed E-state index contributed by atoms with van der Waals surface area (Å²) in [5.74, 6) is 0.265. The van der Waals surface area contributed by atoms with Crippen LogP contribution >= 0.6 is 15.9 Å². The van der Waals surface area contributed by atoms with Gasteiger partial charge in [-0.05, 0) is 40.9 Å². The van der Waals surface area contributed by atoms with Crippen molar-refractivity contribution >= 4 is 33.4 Å². The van der Waals surface area contributed by atoms with Crippen LogP contribution in [0.3, 0.4) is 0 Å². The summed E-state index contributed by atoms with van der Waals surface area (Å²) >= 11 is 3.46. The summed E-state index contributed by atoms with van der Waals surface area (Å²) < 4.78 is 2.87. The Balaban J connectivity index is 1.39. The molecule has 1 aromatic carbocycles. The van der Waals surface area contributed by atoms with Crippen LogP contribution in [0.4, 0.5) is 5.69 Å². The number of benzene rings is 1. The number of aromatic nitrogens is 3. The molecule has 0 spiro atoms. The Hall–Kier alpha value is -2.22. The Morgan fingerprint density at radius 2 is 2.12 bits per heavy atom. The quantitative estimate of drug-likeness (QED) is 0.827. The molecule has 1 N–H and O–H groups in total. The summed E-state index contributed by atoms with van der Waals surface area (Å²) in [7, 11) is 0. The Morgan fingerprint density at radius 1 is 1.32 bits per heavy atom. The van der Waals surface area contributed by atoms with Crippen molar-refractivity contribution < 1.29 is 9.59 Å². The molecule has 2 fully saturated rings. The van der Waals surface area contributed by atoms with Crippen molar-refractivity contribution in [3.05, 3.63) is 40.9 Å². The van der Waals surface area contributed by atoms with Crippen LogP contribution < -0.4 is 10.2 Å². The molecule has 2 aliphatic rings. The molecule has 0 bridgehead atoms. The van der Waals surface area contributed by atoms with E-state index < -0.39 is 0 Å².